The maximum Gasteiger partial charge on any atom is 0.312 e. The number of amides is 2. The van der Waals surface area contributed by atoms with Crippen molar-refractivity contribution in [3.05, 3.63) is 29.3 Å². The number of carbonyl (C=O) groups excluding carboxylic acids is 3. The molecule has 2 N–H and O–H groups in total. The quantitative estimate of drug-likeness (QED) is 0.401. The third kappa shape index (κ3) is 4.22. The average Bonchev–Trinajstić information content (AvgIpc) is 3.44. The number of esters is 1. The van der Waals surface area contributed by atoms with Crippen LogP contribution in [0.1, 0.15) is 56.6 Å². The van der Waals surface area contributed by atoms with Crippen LogP contribution in [0, 0.1) is 25.7 Å². The van der Waals surface area contributed by atoms with Gasteiger partial charge in [0, 0.05) is 18.8 Å². The lowest BCUT2D eigenvalue weighted by Gasteiger charge is -2.33. The van der Waals surface area contributed by atoms with E-state index in [0.717, 1.165) is 36.1 Å². The smallest absolute Gasteiger partial charge is 0.312 e. The van der Waals surface area contributed by atoms with E-state index in [9.17, 15) is 14.4 Å². The fourth-order valence-electron chi connectivity index (χ4n) is 6.02. The molecule has 1 aromatic rings. The van der Waals surface area contributed by atoms with Crippen LogP contribution in [-0.4, -0.2) is 65.3 Å². The Labute approximate surface area is 201 Å². The number of unbranched alkanes of at least 4 members (excludes halogenated alkanes) is 3. The van der Waals surface area contributed by atoms with E-state index in [1.165, 1.54) is 0 Å². The molecular formula is C26H36N2O6. The standard InChI is InChI=1S/C26H36N2O6/c1-4-33-25(32)20-19-11-12-26(34-19)21(20)24(31)28(13-7-5-6-8-14-29)22(26)23(30)27-18-15-16(2)9-10-17(18)3/h9-10,15,19-22,29H,4-8,11-14H2,1-3H3,(H,27,30)/t19-,20+,21+,22?,26?/m1/s1. The molecule has 2 bridgehead atoms. The normalized spacial score (nSPS) is 29.4. The van der Waals surface area contributed by atoms with Gasteiger partial charge in [0.25, 0.3) is 0 Å². The van der Waals surface area contributed by atoms with Crippen LogP contribution >= 0.6 is 0 Å². The maximum absolute atomic E-state index is 13.8. The van der Waals surface area contributed by atoms with Crippen molar-refractivity contribution in [1.29, 1.82) is 0 Å². The molecule has 3 saturated heterocycles. The van der Waals surface area contributed by atoms with Crippen molar-refractivity contribution in [3.63, 3.8) is 0 Å². The van der Waals surface area contributed by atoms with E-state index >= 15 is 0 Å². The summed E-state index contributed by atoms with van der Waals surface area (Å²) in [5, 5.41) is 12.1. The first-order valence-corrected chi connectivity index (χ1v) is 12.5. The molecule has 0 saturated carbocycles. The van der Waals surface area contributed by atoms with Gasteiger partial charge in [-0.2, -0.15) is 0 Å². The number of aryl methyl sites for hydroxylation is 2. The summed E-state index contributed by atoms with van der Waals surface area (Å²) in [7, 11) is 0. The first kappa shape index (κ1) is 24.7. The van der Waals surface area contributed by atoms with Gasteiger partial charge in [-0.15, -0.1) is 0 Å². The van der Waals surface area contributed by atoms with Crippen LogP contribution in [0.5, 0.6) is 0 Å². The number of carbonyl (C=O) groups is 3. The van der Waals surface area contributed by atoms with Gasteiger partial charge in [-0.1, -0.05) is 25.0 Å². The number of fused-ring (bicyclic) bond motifs is 1. The highest BCUT2D eigenvalue weighted by molar-refractivity contribution is 6.03. The first-order valence-electron chi connectivity index (χ1n) is 12.5. The molecule has 3 aliphatic rings. The van der Waals surface area contributed by atoms with Crippen molar-refractivity contribution >= 4 is 23.5 Å². The van der Waals surface area contributed by atoms with Crippen molar-refractivity contribution < 1.29 is 29.0 Å². The van der Waals surface area contributed by atoms with Crippen LogP contribution in [0.3, 0.4) is 0 Å². The molecule has 4 rings (SSSR count). The number of aliphatic hydroxyl groups excluding tert-OH is 1. The molecule has 186 valence electrons. The molecule has 0 aromatic heterocycles. The Kier molecular flexibility index (Phi) is 7.28. The molecule has 2 amide bonds. The zero-order valence-corrected chi connectivity index (χ0v) is 20.3. The summed E-state index contributed by atoms with van der Waals surface area (Å²) in [5.41, 5.74) is 1.68. The molecule has 3 aliphatic heterocycles. The summed E-state index contributed by atoms with van der Waals surface area (Å²) >= 11 is 0. The minimum absolute atomic E-state index is 0.144. The Morgan fingerprint density at radius 1 is 1.24 bits per heavy atom. The van der Waals surface area contributed by atoms with E-state index in [-0.39, 0.29) is 25.0 Å². The molecule has 3 fully saturated rings. The Morgan fingerprint density at radius 3 is 2.74 bits per heavy atom. The van der Waals surface area contributed by atoms with E-state index in [1.807, 2.05) is 32.0 Å². The van der Waals surface area contributed by atoms with E-state index < -0.39 is 35.6 Å². The van der Waals surface area contributed by atoms with Gasteiger partial charge in [-0.25, -0.2) is 0 Å². The molecule has 3 heterocycles. The second-order valence-corrected chi connectivity index (χ2v) is 9.79. The molecule has 2 unspecified atom stereocenters. The third-order valence-corrected chi connectivity index (χ3v) is 7.57. The summed E-state index contributed by atoms with van der Waals surface area (Å²) in [6.45, 7) is 6.44. The molecule has 34 heavy (non-hydrogen) atoms. The van der Waals surface area contributed by atoms with Crippen molar-refractivity contribution in [3.8, 4) is 0 Å². The van der Waals surface area contributed by atoms with Crippen LogP contribution in [0.4, 0.5) is 5.69 Å². The molecular weight excluding hydrogens is 436 g/mol. The van der Waals surface area contributed by atoms with Crippen LogP contribution < -0.4 is 5.32 Å². The minimum atomic E-state index is -1.01. The topological polar surface area (TPSA) is 105 Å². The Balaban J connectivity index is 1.63. The number of nitrogens with one attached hydrogen (secondary N) is 1. The Hall–Kier alpha value is -2.45. The second-order valence-electron chi connectivity index (χ2n) is 9.79. The highest BCUT2D eigenvalue weighted by atomic mass is 16.6. The van der Waals surface area contributed by atoms with Crippen LogP contribution in [0.2, 0.25) is 0 Å². The summed E-state index contributed by atoms with van der Waals surface area (Å²) in [5.74, 6) is -2.24. The Morgan fingerprint density at radius 2 is 2.00 bits per heavy atom. The van der Waals surface area contributed by atoms with E-state index in [2.05, 4.69) is 5.32 Å². The number of ether oxygens (including phenoxy) is 2. The monoisotopic (exact) mass is 472 g/mol. The first-order chi connectivity index (χ1) is 16.3. The average molecular weight is 473 g/mol. The lowest BCUT2D eigenvalue weighted by molar-refractivity contribution is -0.154. The molecule has 0 radical (unpaired) electrons. The Bertz CT molecular complexity index is 949. The van der Waals surface area contributed by atoms with E-state index in [1.54, 1.807) is 11.8 Å². The molecule has 8 nitrogen and oxygen atoms in total. The minimum Gasteiger partial charge on any atom is -0.466 e. The summed E-state index contributed by atoms with van der Waals surface area (Å²) in [6, 6.07) is 5.07. The van der Waals surface area contributed by atoms with Gasteiger partial charge < -0.3 is 24.8 Å². The van der Waals surface area contributed by atoms with Crippen molar-refractivity contribution in [2.24, 2.45) is 11.8 Å². The number of aliphatic hydroxyl groups is 1. The zero-order valence-electron chi connectivity index (χ0n) is 20.3. The number of anilines is 1. The molecule has 8 heteroatoms. The van der Waals surface area contributed by atoms with Crippen LogP contribution in [-0.2, 0) is 23.9 Å². The predicted octanol–water partition coefficient (Wildman–Crippen LogP) is 2.73. The van der Waals surface area contributed by atoms with E-state index in [4.69, 9.17) is 14.6 Å². The molecule has 0 aliphatic carbocycles. The van der Waals surface area contributed by atoms with Gasteiger partial charge in [0.15, 0.2) is 0 Å². The fraction of sp³-hybridized carbons (Fsp3) is 0.654. The van der Waals surface area contributed by atoms with Gasteiger partial charge in [-0.05, 0) is 63.6 Å². The van der Waals surface area contributed by atoms with Gasteiger partial charge >= 0.3 is 5.97 Å². The summed E-state index contributed by atoms with van der Waals surface area (Å²) in [4.78, 5) is 41.9. The maximum atomic E-state index is 13.8. The number of nitrogens with zero attached hydrogens (tertiary/aromatic N) is 1. The van der Waals surface area contributed by atoms with Crippen LogP contribution in [0.25, 0.3) is 0 Å². The SMILES string of the molecule is CCOC(=O)[C@@H]1[C@H]2C(=O)N(CCCCCCO)C(C(=O)Nc3cc(C)ccc3C)C23CC[C@H]1O3. The third-order valence-electron chi connectivity index (χ3n) is 7.57. The summed E-state index contributed by atoms with van der Waals surface area (Å²) in [6.07, 6.45) is 3.94. The van der Waals surface area contributed by atoms with Gasteiger partial charge in [0.2, 0.25) is 11.8 Å². The highest BCUT2D eigenvalue weighted by Crippen LogP contribution is 2.58. The lowest BCUT2D eigenvalue weighted by Crippen LogP contribution is -2.53. The predicted molar refractivity (Wildman–Crippen MR) is 126 cm³/mol. The van der Waals surface area contributed by atoms with Crippen molar-refractivity contribution in [2.45, 2.75) is 77.0 Å². The summed E-state index contributed by atoms with van der Waals surface area (Å²) < 4.78 is 11.7. The van der Waals surface area contributed by atoms with Crippen LogP contribution in [0.15, 0.2) is 18.2 Å². The largest absolute Gasteiger partial charge is 0.466 e. The number of rotatable bonds is 10. The molecule has 1 aromatic carbocycles. The zero-order chi connectivity index (χ0) is 24.5. The van der Waals surface area contributed by atoms with Crippen molar-refractivity contribution in [1.82, 2.24) is 4.90 Å². The fourth-order valence-corrected chi connectivity index (χ4v) is 6.02. The van der Waals surface area contributed by atoms with E-state index in [0.29, 0.717) is 25.8 Å². The van der Waals surface area contributed by atoms with Crippen molar-refractivity contribution in [2.75, 3.05) is 25.1 Å². The number of likely N-dealkylation sites (tertiary alicyclic amines) is 1. The highest BCUT2D eigenvalue weighted by Gasteiger charge is 2.74. The number of benzene rings is 1. The molecule has 1 spiro atoms. The van der Waals surface area contributed by atoms with Gasteiger partial charge in [-0.3, -0.25) is 14.4 Å². The lowest BCUT2D eigenvalue weighted by atomic mass is 9.70. The van der Waals surface area contributed by atoms with Gasteiger partial charge in [0.05, 0.1) is 24.5 Å². The second kappa shape index (κ2) is 10.0. The number of hydrogen-bond acceptors (Lipinski definition) is 6. The van der Waals surface area contributed by atoms with Gasteiger partial charge in [0.1, 0.15) is 11.6 Å². The number of hydrogen-bond donors (Lipinski definition) is 2. The molecule has 5 atom stereocenters.